The molecule has 2 heterocycles. The number of carbonyl (C=O) groups excluding carboxylic acids is 1. The number of carbonyl (C=O) groups is 1. The lowest BCUT2D eigenvalue weighted by atomic mass is 10.2. The number of benzene rings is 2. The van der Waals surface area contributed by atoms with Gasteiger partial charge < -0.3 is 10.2 Å². The van der Waals surface area contributed by atoms with Crippen molar-refractivity contribution in [3.05, 3.63) is 76.6 Å². The zero-order valence-electron chi connectivity index (χ0n) is 14.2. The number of fused-ring (bicyclic) bond motifs is 1. The molecule has 0 saturated carbocycles. The van der Waals surface area contributed by atoms with E-state index in [-0.39, 0.29) is 5.91 Å². The lowest BCUT2D eigenvalue weighted by Crippen LogP contribution is -2.29. The first-order chi connectivity index (χ1) is 12.6. The Balaban J connectivity index is 1.60. The maximum atomic E-state index is 12.9. The van der Waals surface area contributed by atoms with Crippen molar-refractivity contribution in [2.75, 3.05) is 16.8 Å². The first-order valence-electron chi connectivity index (χ1n) is 8.38. The molecule has 130 valence electrons. The van der Waals surface area contributed by atoms with E-state index in [1.54, 1.807) is 17.2 Å². The van der Waals surface area contributed by atoms with E-state index in [0.717, 1.165) is 23.4 Å². The Labute approximate surface area is 156 Å². The number of anilines is 3. The highest BCUT2D eigenvalue weighted by Crippen LogP contribution is 2.29. The third-order valence-electron chi connectivity index (χ3n) is 4.52. The summed E-state index contributed by atoms with van der Waals surface area (Å²) < 4.78 is 0. The van der Waals surface area contributed by atoms with Gasteiger partial charge >= 0.3 is 0 Å². The van der Waals surface area contributed by atoms with E-state index in [4.69, 9.17) is 11.6 Å². The number of nitrogens with one attached hydrogen (secondary N) is 1. The highest BCUT2D eigenvalue weighted by Gasteiger charge is 2.26. The minimum absolute atomic E-state index is 0.122. The third-order valence-corrected chi connectivity index (χ3v) is 4.93. The van der Waals surface area contributed by atoms with Crippen LogP contribution in [0.2, 0.25) is 5.02 Å². The minimum Gasteiger partial charge on any atom is -0.324 e. The molecule has 26 heavy (non-hydrogen) atoms. The Hall–Kier alpha value is -2.92. The number of para-hydroxylation sites is 1. The average Bonchev–Trinajstić information content (AvgIpc) is 3.09. The topological polar surface area (TPSA) is 58.1 Å². The molecule has 0 aliphatic carbocycles. The third kappa shape index (κ3) is 3.02. The molecular weight excluding hydrogens is 348 g/mol. The molecule has 0 unspecified atom stereocenters. The zero-order valence-corrected chi connectivity index (χ0v) is 15.0. The largest absolute Gasteiger partial charge is 0.324 e. The molecule has 0 atom stereocenters. The van der Waals surface area contributed by atoms with Crippen molar-refractivity contribution in [3.8, 4) is 0 Å². The second-order valence-corrected chi connectivity index (χ2v) is 6.55. The lowest BCUT2D eigenvalue weighted by molar-refractivity contribution is 0.0984. The predicted molar refractivity (Wildman–Crippen MR) is 103 cm³/mol. The van der Waals surface area contributed by atoms with E-state index < -0.39 is 0 Å². The lowest BCUT2D eigenvalue weighted by Gasteiger charge is -2.17. The molecule has 0 fully saturated rings. The molecule has 2 aromatic carbocycles. The molecule has 1 aliphatic heterocycles. The van der Waals surface area contributed by atoms with Crippen LogP contribution in [0.3, 0.4) is 0 Å². The molecule has 0 bridgehead atoms. The van der Waals surface area contributed by atoms with E-state index in [1.165, 1.54) is 5.56 Å². The van der Waals surface area contributed by atoms with Crippen molar-refractivity contribution >= 4 is 34.8 Å². The molecule has 4 rings (SSSR count). The maximum absolute atomic E-state index is 12.9. The van der Waals surface area contributed by atoms with Gasteiger partial charge in [0.15, 0.2) is 0 Å². The number of rotatable bonds is 3. The maximum Gasteiger partial charge on any atom is 0.277 e. The van der Waals surface area contributed by atoms with Crippen LogP contribution in [0.15, 0.2) is 54.7 Å². The second kappa shape index (κ2) is 6.77. The molecule has 1 amide bonds. The van der Waals surface area contributed by atoms with Gasteiger partial charge in [-0.3, -0.25) is 4.79 Å². The molecule has 0 radical (unpaired) electrons. The number of halogens is 1. The van der Waals surface area contributed by atoms with Crippen LogP contribution in [-0.2, 0) is 6.42 Å². The molecule has 1 aliphatic rings. The zero-order chi connectivity index (χ0) is 18.1. The van der Waals surface area contributed by atoms with Crippen LogP contribution >= 0.6 is 11.6 Å². The average molecular weight is 365 g/mol. The van der Waals surface area contributed by atoms with Gasteiger partial charge in [-0.2, -0.15) is 0 Å². The van der Waals surface area contributed by atoms with Crippen LogP contribution in [0.25, 0.3) is 0 Å². The van der Waals surface area contributed by atoms with E-state index in [0.29, 0.717) is 23.2 Å². The minimum atomic E-state index is -0.122. The van der Waals surface area contributed by atoms with Crippen molar-refractivity contribution in [1.29, 1.82) is 0 Å². The van der Waals surface area contributed by atoms with E-state index >= 15 is 0 Å². The Morgan fingerprint density at radius 2 is 2.00 bits per heavy atom. The molecular formula is C20H17ClN4O. The van der Waals surface area contributed by atoms with Crippen molar-refractivity contribution in [1.82, 2.24) is 9.97 Å². The van der Waals surface area contributed by atoms with Gasteiger partial charge in [-0.05, 0) is 48.7 Å². The fraction of sp³-hybridized carbons (Fsp3) is 0.150. The van der Waals surface area contributed by atoms with Gasteiger partial charge in [0.25, 0.3) is 5.91 Å². The monoisotopic (exact) mass is 364 g/mol. The summed E-state index contributed by atoms with van der Waals surface area (Å²) in [5.74, 6) is 0.247. The van der Waals surface area contributed by atoms with Crippen molar-refractivity contribution in [2.24, 2.45) is 0 Å². The van der Waals surface area contributed by atoms with Crippen molar-refractivity contribution in [2.45, 2.75) is 13.3 Å². The van der Waals surface area contributed by atoms with Gasteiger partial charge in [0.2, 0.25) is 5.95 Å². The Bertz CT molecular complexity index is 989. The summed E-state index contributed by atoms with van der Waals surface area (Å²) >= 11 is 6.15. The first-order valence-corrected chi connectivity index (χ1v) is 8.76. The molecule has 0 spiro atoms. The fourth-order valence-electron chi connectivity index (χ4n) is 3.09. The molecule has 1 N–H and O–H groups in total. The Morgan fingerprint density at radius 3 is 2.88 bits per heavy atom. The molecule has 1 aromatic heterocycles. The van der Waals surface area contributed by atoms with Crippen LogP contribution in [0.4, 0.5) is 17.3 Å². The van der Waals surface area contributed by atoms with Gasteiger partial charge in [-0.25, -0.2) is 9.97 Å². The smallest absolute Gasteiger partial charge is 0.277 e. The van der Waals surface area contributed by atoms with Crippen LogP contribution in [0.1, 0.15) is 21.6 Å². The van der Waals surface area contributed by atoms with Crippen LogP contribution in [0.5, 0.6) is 0 Å². The van der Waals surface area contributed by atoms with E-state index in [9.17, 15) is 4.79 Å². The highest BCUT2D eigenvalue weighted by atomic mass is 35.5. The number of hydrogen-bond donors (Lipinski definition) is 1. The Kier molecular flexibility index (Phi) is 4.31. The summed E-state index contributed by atoms with van der Waals surface area (Å²) in [6, 6.07) is 15.2. The summed E-state index contributed by atoms with van der Waals surface area (Å²) in [4.78, 5) is 23.3. The second-order valence-electron chi connectivity index (χ2n) is 6.14. The SMILES string of the molecule is Cc1c(Cl)cccc1Nc1nccc(C(=O)N2CCc3ccccc32)n1. The molecule has 6 heteroatoms. The molecule has 3 aromatic rings. The summed E-state index contributed by atoms with van der Waals surface area (Å²) in [5.41, 5.74) is 4.22. The van der Waals surface area contributed by atoms with Crippen LogP contribution in [0, 0.1) is 6.92 Å². The molecule has 5 nitrogen and oxygen atoms in total. The first kappa shape index (κ1) is 16.5. The summed E-state index contributed by atoms with van der Waals surface area (Å²) in [5, 5.41) is 3.80. The summed E-state index contributed by atoms with van der Waals surface area (Å²) in [6.45, 7) is 2.58. The van der Waals surface area contributed by atoms with Gasteiger partial charge in [0, 0.05) is 29.1 Å². The number of nitrogens with zero attached hydrogens (tertiary/aromatic N) is 3. The van der Waals surface area contributed by atoms with Gasteiger partial charge in [-0.1, -0.05) is 35.9 Å². The van der Waals surface area contributed by atoms with Crippen molar-refractivity contribution in [3.63, 3.8) is 0 Å². The summed E-state index contributed by atoms with van der Waals surface area (Å²) in [6.07, 6.45) is 2.45. The van der Waals surface area contributed by atoms with Crippen LogP contribution in [-0.4, -0.2) is 22.4 Å². The van der Waals surface area contributed by atoms with E-state index in [2.05, 4.69) is 21.4 Å². The standard InChI is InChI=1S/C20H17ClN4O/c1-13-15(21)6-4-7-16(13)23-20-22-11-9-17(24-20)19(26)25-12-10-14-5-2-3-8-18(14)25/h2-9,11H,10,12H2,1H3,(H,22,23,24). The predicted octanol–water partition coefficient (Wildman–Crippen LogP) is 4.38. The van der Waals surface area contributed by atoms with Crippen LogP contribution < -0.4 is 10.2 Å². The van der Waals surface area contributed by atoms with Crippen molar-refractivity contribution < 1.29 is 4.79 Å². The molecule has 0 saturated heterocycles. The quantitative estimate of drug-likeness (QED) is 0.749. The van der Waals surface area contributed by atoms with Gasteiger partial charge in [0.05, 0.1) is 0 Å². The highest BCUT2D eigenvalue weighted by molar-refractivity contribution is 6.31. The number of amides is 1. The Morgan fingerprint density at radius 1 is 1.15 bits per heavy atom. The van der Waals surface area contributed by atoms with E-state index in [1.807, 2.05) is 43.3 Å². The van der Waals surface area contributed by atoms with Gasteiger partial charge in [0.1, 0.15) is 5.69 Å². The normalized spacial score (nSPS) is 12.8. The number of aromatic nitrogens is 2. The summed E-state index contributed by atoms with van der Waals surface area (Å²) in [7, 11) is 0. The van der Waals surface area contributed by atoms with Gasteiger partial charge in [-0.15, -0.1) is 0 Å². The fourth-order valence-corrected chi connectivity index (χ4v) is 3.26. The number of hydrogen-bond acceptors (Lipinski definition) is 4.